The van der Waals surface area contributed by atoms with Crippen LogP contribution in [-0.2, 0) is 19.4 Å². The number of aryl methyl sites for hydroxylation is 2. The molecule has 1 aromatic carbocycles. The summed E-state index contributed by atoms with van der Waals surface area (Å²) in [5.41, 5.74) is 0.587. The number of hydrogen-bond acceptors (Lipinski definition) is 5. The number of hydrogen-bond donors (Lipinski definition) is 0. The van der Waals surface area contributed by atoms with Crippen LogP contribution < -0.4 is 4.90 Å². The highest BCUT2D eigenvalue weighted by Gasteiger charge is 2.24. The number of aromatic nitrogens is 2. The lowest BCUT2D eigenvalue weighted by Gasteiger charge is -2.24. The number of thiophene rings is 1. The Morgan fingerprint density at radius 1 is 1.13 bits per heavy atom. The van der Waals surface area contributed by atoms with Crippen molar-refractivity contribution in [1.29, 1.82) is 0 Å². The molecule has 4 nitrogen and oxygen atoms in total. The second kappa shape index (κ2) is 9.60. The summed E-state index contributed by atoms with van der Waals surface area (Å²) in [6.07, 6.45) is 5.66. The average Bonchev–Trinajstić information content (AvgIpc) is 3.21. The number of anilines is 1. The first-order valence-corrected chi connectivity index (χ1v) is 11.2. The standard InChI is InChI=1S/C23H22F3N3OS/c24-17-9-10-18(25)22(26)16(17)14-29-11-2-1-7-19-23(29)28-20(13-27-19)21(30)8-3-5-15-6-4-12-31-15/h4,6,9-10,12-13H,1-3,5,7-8,11,14H2. The van der Waals surface area contributed by atoms with Crippen LogP contribution in [-0.4, -0.2) is 22.3 Å². The molecule has 0 atom stereocenters. The van der Waals surface area contributed by atoms with Gasteiger partial charge in [0.1, 0.15) is 11.5 Å². The van der Waals surface area contributed by atoms with Gasteiger partial charge in [0.15, 0.2) is 23.2 Å². The lowest BCUT2D eigenvalue weighted by molar-refractivity contribution is 0.0975. The number of rotatable bonds is 7. The minimum atomic E-state index is -1.19. The number of benzene rings is 1. The van der Waals surface area contributed by atoms with Gasteiger partial charge in [0.05, 0.1) is 18.4 Å². The number of fused-ring (bicyclic) bond motifs is 1. The van der Waals surface area contributed by atoms with Gasteiger partial charge in [-0.25, -0.2) is 18.2 Å². The molecule has 3 aromatic rings. The van der Waals surface area contributed by atoms with E-state index in [9.17, 15) is 18.0 Å². The molecule has 0 amide bonds. The van der Waals surface area contributed by atoms with Crippen LogP contribution in [0.4, 0.5) is 19.0 Å². The molecular weight excluding hydrogens is 423 g/mol. The van der Waals surface area contributed by atoms with Gasteiger partial charge in [-0.1, -0.05) is 6.07 Å². The average molecular weight is 446 g/mol. The number of halogens is 3. The predicted octanol–water partition coefficient (Wildman–Crippen LogP) is 5.50. The summed E-state index contributed by atoms with van der Waals surface area (Å²) in [4.78, 5) is 24.6. The van der Waals surface area contributed by atoms with Crippen molar-refractivity contribution in [1.82, 2.24) is 9.97 Å². The van der Waals surface area contributed by atoms with Crippen molar-refractivity contribution in [3.8, 4) is 0 Å². The normalized spacial score (nSPS) is 13.7. The summed E-state index contributed by atoms with van der Waals surface area (Å²) in [6, 6.07) is 5.72. The van der Waals surface area contributed by atoms with Gasteiger partial charge in [0, 0.05) is 23.4 Å². The highest BCUT2D eigenvalue weighted by molar-refractivity contribution is 7.09. The maximum Gasteiger partial charge on any atom is 0.182 e. The zero-order chi connectivity index (χ0) is 21.8. The Morgan fingerprint density at radius 3 is 2.77 bits per heavy atom. The van der Waals surface area contributed by atoms with Gasteiger partial charge in [-0.15, -0.1) is 11.3 Å². The molecule has 4 rings (SSSR count). The first-order valence-electron chi connectivity index (χ1n) is 10.3. The molecule has 0 fully saturated rings. The predicted molar refractivity (Wildman–Crippen MR) is 114 cm³/mol. The van der Waals surface area contributed by atoms with Gasteiger partial charge in [-0.2, -0.15) is 0 Å². The van der Waals surface area contributed by atoms with E-state index in [2.05, 4.69) is 9.97 Å². The van der Waals surface area contributed by atoms with Gasteiger partial charge >= 0.3 is 0 Å². The highest BCUT2D eigenvalue weighted by Crippen LogP contribution is 2.27. The Bertz CT molecular complexity index is 1070. The van der Waals surface area contributed by atoms with Gasteiger partial charge in [-0.05, 0) is 55.7 Å². The molecule has 0 spiro atoms. The molecule has 0 N–H and O–H groups in total. The molecule has 0 bridgehead atoms. The lowest BCUT2D eigenvalue weighted by Crippen LogP contribution is -2.27. The molecule has 0 saturated heterocycles. The molecule has 0 aliphatic carbocycles. The molecule has 8 heteroatoms. The van der Waals surface area contributed by atoms with Gasteiger partial charge in [-0.3, -0.25) is 9.78 Å². The molecule has 0 saturated carbocycles. The van der Waals surface area contributed by atoms with E-state index in [4.69, 9.17) is 0 Å². The van der Waals surface area contributed by atoms with E-state index in [0.29, 0.717) is 37.3 Å². The zero-order valence-electron chi connectivity index (χ0n) is 16.9. The first-order chi connectivity index (χ1) is 15.0. The molecule has 2 aromatic heterocycles. The number of carbonyl (C=O) groups excluding carboxylic acids is 1. The zero-order valence-corrected chi connectivity index (χ0v) is 17.7. The van der Waals surface area contributed by atoms with E-state index >= 15 is 0 Å². The van der Waals surface area contributed by atoms with E-state index in [0.717, 1.165) is 31.4 Å². The molecule has 31 heavy (non-hydrogen) atoms. The quantitative estimate of drug-likeness (QED) is 0.356. The van der Waals surface area contributed by atoms with Crippen LogP contribution >= 0.6 is 11.3 Å². The van der Waals surface area contributed by atoms with Crippen LogP contribution in [0.1, 0.15) is 52.3 Å². The second-order valence-electron chi connectivity index (χ2n) is 7.58. The smallest absolute Gasteiger partial charge is 0.182 e. The monoisotopic (exact) mass is 445 g/mol. The Morgan fingerprint density at radius 2 is 1.97 bits per heavy atom. The maximum absolute atomic E-state index is 14.2. The summed E-state index contributed by atoms with van der Waals surface area (Å²) < 4.78 is 42.1. The molecular formula is C23H22F3N3OS. The van der Waals surface area contributed by atoms with Crippen LogP contribution in [0.2, 0.25) is 0 Å². The summed E-state index contributed by atoms with van der Waals surface area (Å²) in [5, 5.41) is 2.01. The fourth-order valence-corrected chi connectivity index (χ4v) is 4.49. The van der Waals surface area contributed by atoms with Crippen molar-refractivity contribution in [3.05, 3.63) is 75.1 Å². The van der Waals surface area contributed by atoms with Gasteiger partial charge in [0.25, 0.3) is 0 Å². The van der Waals surface area contributed by atoms with Crippen molar-refractivity contribution < 1.29 is 18.0 Å². The Labute approximate surface area is 182 Å². The fraction of sp³-hybridized carbons (Fsp3) is 0.348. The van der Waals surface area contributed by atoms with Crippen molar-refractivity contribution >= 4 is 22.9 Å². The maximum atomic E-state index is 14.2. The minimum Gasteiger partial charge on any atom is -0.351 e. The van der Waals surface area contributed by atoms with Crippen LogP contribution in [0.15, 0.2) is 35.8 Å². The van der Waals surface area contributed by atoms with E-state index < -0.39 is 17.5 Å². The van der Waals surface area contributed by atoms with E-state index in [-0.39, 0.29) is 23.6 Å². The topological polar surface area (TPSA) is 46.1 Å². The molecule has 3 heterocycles. The van der Waals surface area contributed by atoms with Crippen molar-refractivity contribution in [2.24, 2.45) is 0 Å². The van der Waals surface area contributed by atoms with E-state index in [1.807, 2.05) is 17.5 Å². The van der Waals surface area contributed by atoms with Gasteiger partial charge in [0.2, 0.25) is 0 Å². The van der Waals surface area contributed by atoms with Gasteiger partial charge < -0.3 is 4.90 Å². The lowest BCUT2D eigenvalue weighted by atomic mass is 10.1. The number of ketones is 1. The van der Waals surface area contributed by atoms with Crippen LogP contribution in [0, 0.1) is 17.5 Å². The molecule has 1 aliphatic heterocycles. The summed E-state index contributed by atoms with van der Waals surface area (Å²) in [7, 11) is 0. The summed E-state index contributed by atoms with van der Waals surface area (Å²) in [5.74, 6) is -2.76. The SMILES string of the molecule is O=C(CCCc1cccs1)c1cnc2c(n1)N(Cc1c(F)ccc(F)c1F)CCCC2. The van der Waals surface area contributed by atoms with Crippen molar-refractivity contribution in [2.45, 2.75) is 45.1 Å². The molecule has 0 radical (unpaired) electrons. The first kappa shape index (κ1) is 21.5. The fourth-order valence-electron chi connectivity index (χ4n) is 3.73. The second-order valence-corrected chi connectivity index (χ2v) is 8.61. The van der Waals surface area contributed by atoms with E-state index in [1.165, 1.54) is 11.1 Å². The summed E-state index contributed by atoms with van der Waals surface area (Å²) >= 11 is 1.66. The third-order valence-electron chi connectivity index (χ3n) is 5.40. The Kier molecular flexibility index (Phi) is 6.65. The highest BCUT2D eigenvalue weighted by atomic mass is 32.1. The van der Waals surface area contributed by atoms with Crippen molar-refractivity contribution in [3.63, 3.8) is 0 Å². The third kappa shape index (κ3) is 4.95. The summed E-state index contributed by atoms with van der Waals surface area (Å²) in [6.45, 7) is 0.320. The Hall–Kier alpha value is -2.74. The number of carbonyl (C=O) groups is 1. The third-order valence-corrected chi connectivity index (χ3v) is 6.34. The largest absolute Gasteiger partial charge is 0.351 e. The Balaban J connectivity index is 1.54. The van der Waals surface area contributed by atoms with Crippen molar-refractivity contribution in [2.75, 3.05) is 11.4 Å². The number of Topliss-reactive ketones (excluding diaryl/α,β-unsaturated/α-hetero) is 1. The molecule has 0 unspecified atom stereocenters. The van der Waals surface area contributed by atoms with Crippen LogP contribution in [0.25, 0.3) is 0 Å². The van der Waals surface area contributed by atoms with Crippen LogP contribution in [0.5, 0.6) is 0 Å². The number of nitrogens with zero attached hydrogens (tertiary/aromatic N) is 3. The molecule has 1 aliphatic rings. The van der Waals surface area contributed by atoms with E-state index in [1.54, 1.807) is 16.2 Å². The minimum absolute atomic E-state index is 0.112. The van der Waals surface area contributed by atoms with Crippen LogP contribution in [0.3, 0.4) is 0 Å². The molecule has 162 valence electrons.